The van der Waals surface area contributed by atoms with Gasteiger partial charge in [0.25, 0.3) is 0 Å². The number of pyridine rings is 1. The second kappa shape index (κ2) is 5.67. The van der Waals surface area contributed by atoms with Gasteiger partial charge in [-0.25, -0.2) is 0 Å². The molecule has 0 aromatic carbocycles. The third-order valence-electron chi connectivity index (χ3n) is 3.82. The van der Waals surface area contributed by atoms with E-state index in [9.17, 15) is 5.11 Å². The largest absolute Gasteiger partial charge is 0.393 e. The smallest absolute Gasteiger partial charge is 0.0569 e. The molecular formula is C14H23N3O. The SMILES string of the molecule is CC(O)C1CCN(c2ccc([C@@H](C)N)nc2)CC1. The van der Waals surface area contributed by atoms with Crippen molar-refractivity contribution in [1.29, 1.82) is 0 Å². The summed E-state index contributed by atoms with van der Waals surface area (Å²) in [6.45, 7) is 5.82. The predicted molar refractivity (Wildman–Crippen MR) is 73.5 cm³/mol. The maximum Gasteiger partial charge on any atom is 0.0569 e. The molecule has 18 heavy (non-hydrogen) atoms. The molecular weight excluding hydrogens is 226 g/mol. The van der Waals surface area contributed by atoms with Crippen LogP contribution in [0.1, 0.15) is 38.4 Å². The van der Waals surface area contributed by atoms with Gasteiger partial charge in [-0.15, -0.1) is 0 Å². The number of hydrogen-bond donors (Lipinski definition) is 2. The number of aliphatic hydroxyl groups excluding tert-OH is 1. The van der Waals surface area contributed by atoms with Gasteiger partial charge in [0.15, 0.2) is 0 Å². The first-order valence-corrected chi connectivity index (χ1v) is 6.72. The average molecular weight is 249 g/mol. The van der Waals surface area contributed by atoms with Crippen LogP contribution < -0.4 is 10.6 Å². The summed E-state index contributed by atoms with van der Waals surface area (Å²) in [5.41, 5.74) is 7.87. The van der Waals surface area contributed by atoms with E-state index in [1.54, 1.807) is 0 Å². The molecule has 2 heterocycles. The van der Waals surface area contributed by atoms with Crippen molar-refractivity contribution < 1.29 is 5.11 Å². The highest BCUT2D eigenvalue weighted by molar-refractivity contribution is 5.45. The summed E-state index contributed by atoms with van der Waals surface area (Å²) < 4.78 is 0. The van der Waals surface area contributed by atoms with Gasteiger partial charge in [-0.2, -0.15) is 0 Å². The Morgan fingerprint density at radius 3 is 2.44 bits per heavy atom. The monoisotopic (exact) mass is 249 g/mol. The normalized spacial score (nSPS) is 20.8. The van der Waals surface area contributed by atoms with Crippen molar-refractivity contribution in [3.8, 4) is 0 Å². The third-order valence-corrected chi connectivity index (χ3v) is 3.82. The summed E-state index contributed by atoms with van der Waals surface area (Å²) in [6, 6.07) is 4.08. The molecule has 0 bridgehead atoms. The summed E-state index contributed by atoms with van der Waals surface area (Å²) in [5, 5.41) is 9.59. The first-order valence-electron chi connectivity index (χ1n) is 6.72. The summed E-state index contributed by atoms with van der Waals surface area (Å²) in [7, 11) is 0. The molecule has 1 saturated heterocycles. The van der Waals surface area contributed by atoms with Gasteiger partial charge in [-0.05, 0) is 44.7 Å². The Balaban J connectivity index is 1.97. The number of hydrogen-bond acceptors (Lipinski definition) is 4. The molecule has 1 aliphatic rings. The first kappa shape index (κ1) is 13.3. The van der Waals surface area contributed by atoms with Crippen molar-refractivity contribution in [1.82, 2.24) is 4.98 Å². The number of anilines is 1. The van der Waals surface area contributed by atoms with E-state index in [1.807, 2.05) is 26.1 Å². The fraction of sp³-hybridized carbons (Fsp3) is 0.643. The van der Waals surface area contributed by atoms with Crippen molar-refractivity contribution in [2.75, 3.05) is 18.0 Å². The maximum atomic E-state index is 9.59. The van der Waals surface area contributed by atoms with E-state index in [2.05, 4.69) is 16.0 Å². The molecule has 1 unspecified atom stereocenters. The van der Waals surface area contributed by atoms with E-state index in [-0.39, 0.29) is 12.1 Å². The van der Waals surface area contributed by atoms with E-state index in [0.717, 1.165) is 37.3 Å². The molecule has 2 atom stereocenters. The lowest BCUT2D eigenvalue weighted by Crippen LogP contribution is -2.37. The molecule has 0 aliphatic carbocycles. The molecule has 0 spiro atoms. The average Bonchev–Trinajstić information content (AvgIpc) is 2.39. The van der Waals surface area contributed by atoms with Crippen LogP contribution in [0.3, 0.4) is 0 Å². The summed E-state index contributed by atoms with van der Waals surface area (Å²) >= 11 is 0. The Morgan fingerprint density at radius 1 is 1.33 bits per heavy atom. The van der Waals surface area contributed by atoms with Crippen molar-refractivity contribution in [2.24, 2.45) is 11.7 Å². The highest BCUT2D eigenvalue weighted by atomic mass is 16.3. The van der Waals surface area contributed by atoms with E-state index in [0.29, 0.717) is 5.92 Å². The van der Waals surface area contributed by atoms with Crippen LogP contribution in [-0.2, 0) is 0 Å². The molecule has 0 radical (unpaired) electrons. The standard InChI is InChI=1S/C14H23N3O/c1-10(15)14-4-3-13(9-16-14)17-7-5-12(6-8-17)11(2)18/h3-4,9-12,18H,5-8,15H2,1-2H3/t10-,11?/m1/s1. The van der Waals surface area contributed by atoms with Crippen LogP contribution in [0.4, 0.5) is 5.69 Å². The fourth-order valence-electron chi connectivity index (χ4n) is 2.49. The number of rotatable bonds is 3. The Morgan fingerprint density at radius 2 is 2.00 bits per heavy atom. The third kappa shape index (κ3) is 3.00. The molecule has 1 aromatic rings. The van der Waals surface area contributed by atoms with Gasteiger partial charge in [-0.3, -0.25) is 4.98 Å². The highest BCUT2D eigenvalue weighted by Gasteiger charge is 2.22. The zero-order valence-electron chi connectivity index (χ0n) is 11.2. The zero-order valence-corrected chi connectivity index (χ0v) is 11.2. The number of nitrogens with zero attached hydrogens (tertiary/aromatic N) is 2. The molecule has 100 valence electrons. The molecule has 0 amide bonds. The lowest BCUT2D eigenvalue weighted by Gasteiger charge is -2.34. The first-order chi connectivity index (χ1) is 8.58. The Labute approximate surface area is 109 Å². The predicted octanol–water partition coefficient (Wildman–Crippen LogP) is 1.70. The number of piperidine rings is 1. The van der Waals surface area contributed by atoms with E-state index < -0.39 is 0 Å². The van der Waals surface area contributed by atoms with E-state index in [4.69, 9.17) is 5.73 Å². The molecule has 1 aliphatic heterocycles. The van der Waals surface area contributed by atoms with Gasteiger partial charge in [0.05, 0.1) is 23.7 Å². The fourth-order valence-corrected chi connectivity index (χ4v) is 2.49. The van der Waals surface area contributed by atoms with Crippen molar-refractivity contribution >= 4 is 5.69 Å². The minimum Gasteiger partial charge on any atom is -0.393 e. The molecule has 2 rings (SSSR count). The van der Waals surface area contributed by atoms with E-state index in [1.165, 1.54) is 0 Å². The van der Waals surface area contributed by atoms with Crippen LogP contribution >= 0.6 is 0 Å². The van der Waals surface area contributed by atoms with Gasteiger partial charge in [0, 0.05) is 19.1 Å². The van der Waals surface area contributed by atoms with Crippen molar-refractivity contribution in [2.45, 2.75) is 38.8 Å². The van der Waals surface area contributed by atoms with E-state index >= 15 is 0 Å². The lowest BCUT2D eigenvalue weighted by molar-refractivity contribution is 0.110. The quantitative estimate of drug-likeness (QED) is 0.856. The lowest BCUT2D eigenvalue weighted by atomic mass is 9.92. The minimum absolute atomic E-state index is 0.0139. The van der Waals surface area contributed by atoms with Crippen LogP contribution in [-0.4, -0.2) is 29.3 Å². The van der Waals surface area contributed by atoms with Crippen LogP contribution in [0, 0.1) is 5.92 Å². The zero-order chi connectivity index (χ0) is 13.1. The van der Waals surface area contributed by atoms with Crippen LogP contribution in [0.2, 0.25) is 0 Å². The van der Waals surface area contributed by atoms with Crippen molar-refractivity contribution in [3.63, 3.8) is 0 Å². The Kier molecular flexibility index (Phi) is 4.19. The molecule has 1 aromatic heterocycles. The van der Waals surface area contributed by atoms with Gasteiger partial charge >= 0.3 is 0 Å². The van der Waals surface area contributed by atoms with Crippen LogP contribution in [0.15, 0.2) is 18.3 Å². The summed E-state index contributed by atoms with van der Waals surface area (Å²) in [4.78, 5) is 6.72. The number of aliphatic hydroxyl groups is 1. The maximum absolute atomic E-state index is 9.59. The summed E-state index contributed by atoms with van der Waals surface area (Å²) in [5.74, 6) is 0.442. The van der Waals surface area contributed by atoms with Gasteiger partial charge in [0.2, 0.25) is 0 Å². The molecule has 3 N–H and O–H groups in total. The molecule has 4 heteroatoms. The van der Waals surface area contributed by atoms with Crippen LogP contribution in [0.5, 0.6) is 0 Å². The summed E-state index contributed by atoms with van der Waals surface area (Å²) in [6.07, 6.45) is 3.81. The Hall–Kier alpha value is -1.13. The Bertz CT molecular complexity index is 367. The van der Waals surface area contributed by atoms with Gasteiger partial charge in [0.1, 0.15) is 0 Å². The van der Waals surface area contributed by atoms with Crippen LogP contribution in [0.25, 0.3) is 0 Å². The second-order valence-electron chi connectivity index (χ2n) is 5.30. The molecule has 0 saturated carbocycles. The number of aromatic nitrogens is 1. The van der Waals surface area contributed by atoms with Gasteiger partial charge in [-0.1, -0.05) is 0 Å². The highest BCUT2D eigenvalue weighted by Crippen LogP contribution is 2.25. The molecule has 4 nitrogen and oxygen atoms in total. The van der Waals surface area contributed by atoms with Gasteiger partial charge < -0.3 is 15.7 Å². The second-order valence-corrected chi connectivity index (χ2v) is 5.30. The number of nitrogens with two attached hydrogens (primary N) is 1. The van der Waals surface area contributed by atoms with Crippen molar-refractivity contribution in [3.05, 3.63) is 24.0 Å². The minimum atomic E-state index is -0.189. The molecule has 1 fully saturated rings. The topological polar surface area (TPSA) is 62.4 Å².